The fourth-order valence-electron chi connectivity index (χ4n) is 3.54. The molecule has 2 aromatic heterocycles. The first-order valence-electron chi connectivity index (χ1n) is 9.25. The Morgan fingerprint density at radius 1 is 1.44 bits per heavy atom. The van der Waals surface area contributed by atoms with Crippen LogP contribution in [0.15, 0.2) is 30.3 Å². The molecule has 0 bridgehead atoms. The SMILES string of the molecule is Cc1nn(Cc2ccccc2Cl)c2sc(C(=O)N[C@H]3CNCC[C@H]3C)cc12. The number of aromatic nitrogens is 2. The minimum Gasteiger partial charge on any atom is -0.347 e. The fourth-order valence-corrected chi connectivity index (χ4v) is 4.80. The minimum atomic E-state index is 0.000411. The summed E-state index contributed by atoms with van der Waals surface area (Å²) in [5.41, 5.74) is 1.95. The van der Waals surface area contributed by atoms with E-state index in [-0.39, 0.29) is 11.9 Å². The van der Waals surface area contributed by atoms with Crippen LogP contribution < -0.4 is 10.6 Å². The van der Waals surface area contributed by atoms with Crippen molar-refractivity contribution in [1.82, 2.24) is 20.4 Å². The van der Waals surface area contributed by atoms with E-state index in [4.69, 9.17) is 11.6 Å². The molecule has 1 aromatic carbocycles. The van der Waals surface area contributed by atoms with Crippen LogP contribution >= 0.6 is 22.9 Å². The maximum atomic E-state index is 12.8. The van der Waals surface area contributed by atoms with Crippen LogP contribution in [-0.4, -0.2) is 34.8 Å². The van der Waals surface area contributed by atoms with Gasteiger partial charge in [0.25, 0.3) is 5.91 Å². The van der Waals surface area contributed by atoms with E-state index in [1.807, 2.05) is 41.9 Å². The molecule has 0 unspecified atom stereocenters. The standard InChI is InChI=1S/C20H23ClN4OS/c1-12-7-8-22-10-17(12)23-19(26)18-9-15-13(2)24-25(20(15)27-18)11-14-5-3-4-6-16(14)21/h3-6,9,12,17,22H,7-8,10-11H2,1-2H3,(H,23,26)/t12-,17+/m1/s1. The van der Waals surface area contributed by atoms with E-state index < -0.39 is 0 Å². The number of amides is 1. The van der Waals surface area contributed by atoms with Crippen LogP contribution in [0.1, 0.15) is 34.3 Å². The van der Waals surface area contributed by atoms with Gasteiger partial charge < -0.3 is 10.6 Å². The minimum absolute atomic E-state index is 0.000411. The van der Waals surface area contributed by atoms with Crippen molar-refractivity contribution in [2.75, 3.05) is 13.1 Å². The molecule has 27 heavy (non-hydrogen) atoms. The third-order valence-corrected chi connectivity index (χ3v) is 6.77. The molecule has 1 aliphatic heterocycles. The average molecular weight is 403 g/mol. The first kappa shape index (κ1) is 18.5. The van der Waals surface area contributed by atoms with Crippen molar-refractivity contribution < 1.29 is 4.79 Å². The highest BCUT2D eigenvalue weighted by molar-refractivity contribution is 7.20. The highest BCUT2D eigenvalue weighted by atomic mass is 35.5. The van der Waals surface area contributed by atoms with Crippen LogP contribution in [0.2, 0.25) is 5.02 Å². The molecule has 7 heteroatoms. The predicted octanol–water partition coefficient (Wildman–Crippen LogP) is 3.84. The van der Waals surface area contributed by atoms with Gasteiger partial charge in [-0.05, 0) is 43.5 Å². The number of aryl methyl sites for hydroxylation is 1. The van der Waals surface area contributed by atoms with Gasteiger partial charge in [0.2, 0.25) is 0 Å². The Morgan fingerprint density at radius 3 is 3.04 bits per heavy atom. The topological polar surface area (TPSA) is 59.0 Å². The molecule has 4 rings (SSSR count). The van der Waals surface area contributed by atoms with E-state index in [1.54, 1.807) is 0 Å². The molecule has 3 aromatic rings. The summed E-state index contributed by atoms with van der Waals surface area (Å²) in [6.07, 6.45) is 1.09. The third-order valence-electron chi connectivity index (χ3n) is 5.25. The molecule has 2 atom stereocenters. The van der Waals surface area contributed by atoms with Crippen molar-refractivity contribution in [2.45, 2.75) is 32.9 Å². The van der Waals surface area contributed by atoms with Crippen LogP contribution in [0.25, 0.3) is 10.2 Å². The van der Waals surface area contributed by atoms with Gasteiger partial charge in [-0.1, -0.05) is 36.7 Å². The summed E-state index contributed by atoms with van der Waals surface area (Å²) in [6.45, 7) is 6.62. The summed E-state index contributed by atoms with van der Waals surface area (Å²) in [6, 6.07) is 9.92. The molecule has 1 amide bonds. The van der Waals surface area contributed by atoms with Crippen molar-refractivity contribution in [3.05, 3.63) is 51.5 Å². The lowest BCUT2D eigenvalue weighted by atomic mass is 9.95. The summed E-state index contributed by atoms with van der Waals surface area (Å²) in [4.78, 5) is 14.5. The monoisotopic (exact) mass is 402 g/mol. The number of rotatable bonds is 4. The summed E-state index contributed by atoms with van der Waals surface area (Å²) in [7, 11) is 0. The van der Waals surface area contributed by atoms with E-state index in [2.05, 4.69) is 22.7 Å². The van der Waals surface area contributed by atoms with Crippen LogP contribution in [0.4, 0.5) is 0 Å². The Bertz CT molecular complexity index is 980. The molecule has 2 N–H and O–H groups in total. The number of carbonyl (C=O) groups excluding carboxylic acids is 1. The van der Waals surface area contributed by atoms with Crippen molar-refractivity contribution in [1.29, 1.82) is 0 Å². The number of halogens is 1. The molecule has 0 saturated carbocycles. The van der Waals surface area contributed by atoms with Gasteiger partial charge in [-0.3, -0.25) is 9.48 Å². The first-order chi connectivity index (χ1) is 13.0. The lowest BCUT2D eigenvalue weighted by molar-refractivity contribution is 0.0919. The molecule has 1 aliphatic rings. The Morgan fingerprint density at radius 2 is 2.26 bits per heavy atom. The summed E-state index contributed by atoms with van der Waals surface area (Å²) >= 11 is 7.79. The molecule has 1 fully saturated rings. The Balaban J connectivity index is 1.59. The van der Waals surface area contributed by atoms with E-state index in [0.717, 1.165) is 50.9 Å². The van der Waals surface area contributed by atoms with Crippen LogP contribution in [0.3, 0.4) is 0 Å². The number of hydrogen-bond acceptors (Lipinski definition) is 4. The van der Waals surface area contributed by atoms with Crippen molar-refractivity contribution in [3.8, 4) is 0 Å². The normalized spacial score (nSPS) is 20.1. The van der Waals surface area contributed by atoms with Gasteiger partial charge in [-0.25, -0.2) is 0 Å². The zero-order valence-electron chi connectivity index (χ0n) is 15.5. The molecule has 0 radical (unpaired) electrons. The van der Waals surface area contributed by atoms with Crippen molar-refractivity contribution in [3.63, 3.8) is 0 Å². The van der Waals surface area contributed by atoms with Gasteiger partial charge >= 0.3 is 0 Å². The zero-order chi connectivity index (χ0) is 19.0. The zero-order valence-corrected chi connectivity index (χ0v) is 17.0. The van der Waals surface area contributed by atoms with Crippen LogP contribution in [0, 0.1) is 12.8 Å². The second-order valence-corrected chi connectivity index (χ2v) is 8.65. The highest BCUT2D eigenvalue weighted by Gasteiger charge is 2.24. The Labute approximate surface area is 167 Å². The number of hydrogen-bond donors (Lipinski definition) is 2. The fraction of sp³-hybridized carbons (Fsp3) is 0.400. The van der Waals surface area contributed by atoms with Crippen molar-refractivity contribution >= 4 is 39.1 Å². The molecule has 1 saturated heterocycles. The van der Waals surface area contributed by atoms with E-state index in [0.29, 0.717) is 12.5 Å². The van der Waals surface area contributed by atoms with Gasteiger partial charge in [0.15, 0.2) is 0 Å². The second kappa shape index (κ2) is 7.62. The summed E-state index contributed by atoms with van der Waals surface area (Å²) < 4.78 is 1.94. The summed E-state index contributed by atoms with van der Waals surface area (Å²) in [5.74, 6) is 0.488. The van der Waals surface area contributed by atoms with Gasteiger partial charge in [0, 0.05) is 23.0 Å². The number of benzene rings is 1. The smallest absolute Gasteiger partial charge is 0.261 e. The quantitative estimate of drug-likeness (QED) is 0.697. The maximum absolute atomic E-state index is 12.8. The Hall–Kier alpha value is -1.89. The van der Waals surface area contributed by atoms with Crippen molar-refractivity contribution in [2.24, 2.45) is 5.92 Å². The number of fused-ring (bicyclic) bond motifs is 1. The number of nitrogens with one attached hydrogen (secondary N) is 2. The van der Waals surface area contributed by atoms with Crippen LogP contribution in [0.5, 0.6) is 0 Å². The summed E-state index contributed by atoms with van der Waals surface area (Å²) in [5, 5.41) is 13.0. The molecule has 5 nitrogen and oxygen atoms in total. The number of carbonyl (C=O) groups is 1. The molecule has 142 valence electrons. The maximum Gasteiger partial charge on any atom is 0.261 e. The molecule has 0 spiro atoms. The van der Waals surface area contributed by atoms with E-state index >= 15 is 0 Å². The van der Waals surface area contributed by atoms with Gasteiger partial charge in [0.05, 0.1) is 17.1 Å². The highest BCUT2D eigenvalue weighted by Crippen LogP contribution is 2.30. The number of piperidine rings is 1. The average Bonchev–Trinajstić information content (AvgIpc) is 3.21. The van der Waals surface area contributed by atoms with Gasteiger partial charge in [-0.2, -0.15) is 5.10 Å². The molecule has 3 heterocycles. The molecular weight excluding hydrogens is 380 g/mol. The molecule has 0 aliphatic carbocycles. The first-order valence-corrected chi connectivity index (χ1v) is 10.4. The Kier molecular flexibility index (Phi) is 5.21. The largest absolute Gasteiger partial charge is 0.347 e. The molecular formula is C20H23ClN4OS. The lowest BCUT2D eigenvalue weighted by Gasteiger charge is -2.30. The van der Waals surface area contributed by atoms with Crippen LogP contribution in [-0.2, 0) is 6.54 Å². The van der Waals surface area contributed by atoms with Gasteiger partial charge in [0.1, 0.15) is 4.83 Å². The van der Waals surface area contributed by atoms with E-state index in [9.17, 15) is 4.79 Å². The van der Waals surface area contributed by atoms with E-state index in [1.165, 1.54) is 11.3 Å². The predicted molar refractivity (Wildman–Crippen MR) is 111 cm³/mol. The lowest BCUT2D eigenvalue weighted by Crippen LogP contribution is -2.50. The van der Waals surface area contributed by atoms with Gasteiger partial charge in [-0.15, -0.1) is 11.3 Å². The second-order valence-electron chi connectivity index (χ2n) is 7.21. The number of thiophene rings is 1. The third kappa shape index (κ3) is 3.74. The number of nitrogens with zero attached hydrogens (tertiary/aromatic N) is 2.